The average Bonchev–Trinajstić information content (AvgIpc) is 3.05. The molecule has 0 saturated heterocycles. The first kappa shape index (κ1) is 16.1. The Labute approximate surface area is 149 Å². The molecule has 0 radical (unpaired) electrons. The number of aromatic amines is 1. The van der Waals surface area contributed by atoms with Gasteiger partial charge in [0.05, 0.1) is 34.7 Å². The van der Waals surface area contributed by atoms with Gasteiger partial charge >= 0.3 is 0 Å². The number of imidazole rings is 1. The molecule has 1 N–H and O–H groups in total. The number of ether oxygens (including phenoxy) is 1. The molecule has 3 aromatic rings. The second kappa shape index (κ2) is 6.52. The van der Waals surface area contributed by atoms with Crippen LogP contribution in [0, 0.1) is 0 Å². The minimum absolute atomic E-state index is 0.463. The molecule has 2 heterocycles. The fourth-order valence-corrected chi connectivity index (χ4v) is 4.56. The van der Waals surface area contributed by atoms with Crippen molar-refractivity contribution in [3.63, 3.8) is 0 Å². The van der Waals surface area contributed by atoms with Crippen molar-refractivity contribution >= 4 is 27.5 Å². The number of hydrogen-bond donors (Lipinski definition) is 1. The first-order chi connectivity index (χ1) is 12.2. The van der Waals surface area contributed by atoms with Gasteiger partial charge in [0, 0.05) is 25.3 Å². The third kappa shape index (κ3) is 3.02. The summed E-state index contributed by atoms with van der Waals surface area (Å²) >= 11 is 0. The van der Waals surface area contributed by atoms with E-state index in [2.05, 4.69) is 40.1 Å². The first-order valence-corrected chi connectivity index (χ1v) is 9.71. The van der Waals surface area contributed by atoms with Gasteiger partial charge in [-0.2, -0.15) is 0 Å². The van der Waals surface area contributed by atoms with E-state index in [0.717, 1.165) is 35.3 Å². The lowest BCUT2D eigenvalue weighted by molar-refractivity contribution is 0.415. The van der Waals surface area contributed by atoms with E-state index in [1.54, 1.807) is 7.11 Å². The van der Waals surface area contributed by atoms with E-state index in [9.17, 15) is 4.21 Å². The molecule has 130 valence electrons. The Kier molecular flexibility index (Phi) is 4.21. The minimum atomic E-state index is -1.22. The molecule has 0 spiro atoms. The number of anilines is 1. The van der Waals surface area contributed by atoms with Gasteiger partial charge in [0.25, 0.3) is 0 Å². The van der Waals surface area contributed by atoms with E-state index in [0.29, 0.717) is 10.9 Å². The molecule has 2 aromatic carbocycles. The van der Waals surface area contributed by atoms with Crippen LogP contribution in [0.1, 0.15) is 17.5 Å². The van der Waals surface area contributed by atoms with Gasteiger partial charge in [-0.25, -0.2) is 4.98 Å². The summed E-state index contributed by atoms with van der Waals surface area (Å²) in [5, 5.41) is 0.513. The molecule has 5 nitrogen and oxygen atoms in total. The highest BCUT2D eigenvalue weighted by Crippen LogP contribution is 2.31. The summed E-state index contributed by atoms with van der Waals surface area (Å²) in [7, 11) is 2.52. The number of benzene rings is 2. The monoisotopic (exact) mass is 355 g/mol. The van der Waals surface area contributed by atoms with Crippen LogP contribution < -0.4 is 9.64 Å². The van der Waals surface area contributed by atoms with E-state index in [1.165, 1.54) is 17.7 Å². The molecule has 0 amide bonds. The predicted octanol–water partition coefficient (Wildman–Crippen LogP) is 3.26. The summed E-state index contributed by atoms with van der Waals surface area (Å²) in [6, 6.07) is 11.9. The zero-order valence-corrected chi connectivity index (χ0v) is 15.2. The van der Waals surface area contributed by atoms with Gasteiger partial charge in [-0.15, -0.1) is 0 Å². The van der Waals surface area contributed by atoms with E-state index in [-0.39, 0.29) is 0 Å². The van der Waals surface area contributed by atoms with Crippen molar-refractivity contribution in [1.29, 1.82) is 0 Å². The van der Waals surface area contributed by atoms with E-state index < -0.39 is 10.8 Å². The largest absolute Gasteiger partial charge is 0.497 e. The number of hydrogen-bond acceptors (Lipinski definition) is 4. The lowest BCUT2D eigenvalue weighted by Gasteiger charge is -2.29. The van der Waals surface area contributed by atoms with Crippen LogP contribution in [0.2, 0.25) is 0 Å². The number of para-hydroxylation sites is 1. The minimum Gasteiger partial charge on any atom is -0.497 e. The van der Waals surface area contributed by atoms with Gasteiger partial charge < -0.3 is 14.6 Å². The lowest BCUT2D eigenvalue weighted by Crippen LogP contribution is -2.26. The summed E-state index contributed by atoms with van der Waals surface area (Å²) in [5.41, 5.74) is 5.35. The van der Waals surface area contributed by atoms with Gasteiger partial charge in [0.1, 0.15) is 5.75 Å². The Balaban J connectivity index is 1.65. The molecule has 0 bridgehead atoms. The fraction of sp³-hybridized carbons (Fsp3) is 0.316. The Bertz CT molecular complexity index is 951. The van der Waals surface area contributed by atoms with Gasteiger partial charge in [-0.1, -0.05) is 18.2 Å². The molecule has 1 atom stereocenters. The Morgan fingerprint density at radius 3 is 3.04 bits per heavy atom. The topological polar surface area (TPSA) is 58.2 Å². The smallest absolute Gasteiger partial charge is 0.197 e. The van der Waals surface area contributed by atoms with Crippen molar-refractivity contribution in [2.45, 2.75) is 23.8 Å². The van der Waals surface area contributed by atoms with Crippen LogP contribution >= 0.6 is 0 Å². The van der Waals surface area contributed by atoms with Crippen molar-refractivity contribution < 1.29 is 8.95 Å². The number of nitrogens with one attached hydrogen (secondary N) is 1. The Morgan fingerprint density at radius 2 is 2.20 bits per heavy atom. The molecule has 1 aliphatic heterocycles. The molecule has 1 unspecified atom stereocenters. The second-order valence-corrected chi connectivity index (χ2v) is 7.73. The third-order valence-electron chi connectivity index (χ3n) is 4.69. The van der Waals surface area contributed by atoms with E-state index >= 15 is 0 Å². The van der Waals surface area contributed by atoms with Crippen LogP contribution in [-0.4, -0.2) is 34.9 Å². The maximum atomic E-state index is 12.9. The number of rotatable bonds is 4. The molecule has 0 saturated carbocycles. The summed E-state index contributed by atoms with van der Waals surface area (Å²) in [4.78, 5) is 9.94. The predicted molar refractivity (Wildman–Crippen MR) is 101 cm³/mol. The maximum Gasteiger partial charge on any atom is 0.197 e. The SMILES string of the molecule is COc1ccc2nc(S(=O)Cc3cccc4c3N(C)CCC4)[nH]c2c1. The summed E-state index contributed by atoms with van der Waals surface area (Å²) < 4.78 is 18.1. The van der Waals surface area contributed by atoms with E-state index in [1.807, 2.05) is 18.2 Å². The van der Waals surface area contributed by atoms with Crippen molar-refractivity contribution in [3.8, 4) is 5.75 Å². The van der Waals surface area contributed by atoms with Gasteiger partial charge in [-0.3, -0.25) is 4.21 Å². The molecule has 1 aliphatic rings. The first-order valence-electron chi connectivity index (χ1n) is 8.40. The highest BCUT2D eigenvalue weighted by molar-refractivity contribution is 7.84. The highest BCUT2D eigenvalue weighted by atomic mass is 32.2. The molecule has 0 aliphatic carbocycles. The molecular weight excluding hydrogens is 334 g/mol. The normalized spacial score (nSPS) is 15.2. The fourth-order valence-electron chi connectivity index (χ4n) is 3.48. The maximum absolute atomic E-state index is 12.9. The number of nitrogens with zero attached hydrogens (tertiary/aromatic N) is 2. The Hall–Kier alpha value is -2.34. The van der Waals surface area contributed by atoms with Crippen LogP contribution in [0.3, 0.4) is 0 Å². The molecule has 6 heteroatoms. The highest BCUT2D eigenvalue weighted by Gasteiger charge is 2.20. The molecule has 25 heavy (non-hydrogen) atoms. The van der Waals surface area contributed by atoms with Crippen LogP contribution in [0.4, 0.5) is 5.69 Å². The number of H-pyrrole nitrogens is 1. The number of fused-ring (bicyclic) bond motifs is 2. The van der Waals surface area contributed by atoms with Crippen LogP contribution in [-0.2, 0) is 23.0 Å². The molecule has 0 fully saturated rings. The van der Waals surface area contributed by atoms with Crippen LogP contribution in [0.25, 0.3) is 11.0 Å². The molecule has 1 aromatic heterocycles. The Morgan fingerprint density at radius 1 is 1.32 bits per heavy atom. The number of aryl methyl sites for hydroxylation is 1. The van der Waals surface area contributed by atoms with Crippen molar-refractivity contribution in [2.75, 3.05) is 25.6 Å². The van der Waals surface area contributed by atoms with Crippen molar-refractivity contribution in [2.24, 2.45) is 0 Å². The van der Waals surface area contributed by atoms with Crippen molar-refractivity contribution in [1.82, 2.24) is 9.97 Å². The lowest BCUT2D eigenvalue weighted by atomic mass is 9.99. The zero-order valence-electron chi connectivity index (χ0n) is 14.4. The van der Waals surface area contributed by atoms with Crippen molar-refractivity contribution in [3.05, 3.63) is 47.5 Å². The molecular formula is C19H21N3O2S. The standard InChI is InChI=1S/C19H21N3O2S/c1-22-10-4-7-13-5-3-6-14(18(13)22)12-25(23)19-20-16-9-8-15(24-2)11-17(16)21-19/h3,5-6,8-9,11H,4,7,10,12H2,1-2H3,(H,20,21). The van der Waals surface area contributed by atoms with Gasteiger partial charge in [-0.05, 0) is 36.1 Å². The summed E-state index contributed by atoms with van der Waals surface area (Å²) in [6.07, 6.45) is 2.26. The number of methoxy groups -OCH3 is 1. The second-order valence-electron chi connectivity index (χ2n) is 6.36. The zero-order chi connectivity index (χ0) is 17.4. The summed E-state index contributed by atoms with van der Waals surface area (Å²) in [6.45, 7) is 1.04. The summed E-state index contributed by atoms with van der Waals surface area (Å²) in [5.74, 6) is 1.22. The van der Waals surface area contributed by atoms with Gasteiger partial charge in [0.2, 0.25) is 0 Å². The van der Waals surface area contributed by atoms with Crippen LogP contribution in [0.5, 0.6) is 5.75 Å². The quantitative estimate of drug-likeness (QED) is 0.780. The van der Waals surface area contributed by atoms with Gasteiger partial charge in [0.15, 0.2) is 5.16 Å². The average molecular weight is 355 g/mol. The number of aromatic nitrogens is 2. The molecule has 4 rings (SSSR count). The van der Waals surface area contributed by atoms with E-state index in [4.69, 9.17) is 4.74 Å². The third-order valence-corrected chi connectivity index (χ3v) is 5.89. The van der Waals surface area contributed by atoms with Crippen LogP contribution in [0.15, 0.2) is 41.6 Å².